The van der Waals surface area contributed by atoms with Crippen molar-refractivity contribution >= 4 is 47.8 Å². The minimum Gasteiger partial charge on any atom is -0.497 e. The predicted molar refractivity (Wildman–Crippen MR) is 128 cm³/mol. The number of rotatable bonds is 5. The molecule has 1 aliphatic rings. The zero-order chi connectivity index (χ0) is 21.5. The summed E-state index contributed by atoms with van der Waals surface area (Å²) >= 11 is 10.2. The van der Waals surface area contributed by atoms with E-state index >= 15 is 0 Å². The third-order valence-corrected chi connectivity index (χ3v) is 6.13. The number of hydrogen-bond donors (Lipinski definition) is 0. The van der Waals surface area contributed by atoms with Crippen LogP contribution in [0, 0.1) is 11.3 Å². The summed E-state index contributed by atoms with van der Waals surface area (Å²) in [6.07, 6.45) is 3.85. The topological polar surface area (TPSA) is 51.5 Å². The summed E-state index contributed by atoms with van der Waals surface area (Å²) in [5.41, 5.74) is 2.31. The standard InChI is InChI=1S/C10H10BrNO.C8H8Br2O.C4H8O/c1-13-9-4-5-10(11)8(7-9)3-2-6-12;1-11-7-2-3-8(10)6(4-7)5-9;1-2-4-5-3-1/h4-5,7H,2-3H2,1H3;2-4H,5H2,1H3;1-4H2. The van der Waals surface area contributed by atoms with Gasteiger partial charge in [-0.25, -0.2) is 0 Å². The van der Waals surface area contributed by atoms with Gasteiger partial charge in [-0.15, -0.1) is 0 Å². The van der Waals surface area contributed by atoms with Crippen LogP contribution in [0.1, 0.15) is 30.4 Å². The lowest BCUT2D eigenvalue weighted by molar-refractivity contribution is 0.198. The number of ether oxygens (including phenoxy) is 3. The fourth-order valence-corrected chi connectivity index (χ4v) is 4.02. The summed E-state index contributed by atoms with van der Waals surface area (Å²) in [4.78, 5) is 0. The highest BCUT2D eigenvalue weighted by Gasteiger charge is 2.01. The predicted octanol–water partition coefficient (Wildman–Crippen LogP) is 7.06. The number of nitriles is 1. The van der Waals surface area contributed by atoms with Gasteiger partial charge in [0, 0.05) is 33.9 Å². The minimum absolute atomic E-state index is 0.533. The number of halogens is 3. The van der Waals surface area contributed by atoms with Gasteiger partial charge in [-0.2, -0.15) is 5.26 Å². The zero-order valence-corrected chi connectivity index (χ0v) is 21.5. The van der Waals surface area contributed by atoms with Crippen molar-refractivity contribution in [2.75, 3.05) is 27.4 Å². The Morgan fingerprint density at radius 1 is 0.931 bits per heavy atom. The maximum absolute atomic E-state index is 8.45. The average molecular weight is 592 g/mol. The normalized spacial score (nSPS) is 12.0. The molecule has 0 amide bonds. The number of nitrogens with zero attached hydrogens (tertiary/aromatic N) is 1. The molecular formula is C22H26Br3NO3. The first-order valence-corrected chi connectivity index (χ1v) is 11.9. The van der Waals surface area contributed by atoms with Crippen LogP contribution in [0.5, 0.6) is 11.5 Å². The highest BCUT2D eigenvalue weighted by Crippen LogP contribution is 2.24. The van der Waals surface area contributed by atoms with Crippen molar-refractivity contribution in [2.45, 2.75) is 31.0 Å². The van der Waals surface area contributed by atoms with Crippen LogP contribution in [0.15, 0.2) is 45.3 Å². The molecule has 1 heterocycles. The quantitative estimate of drug-likeness (QED) is 0.349. The number of alkyl halides is 1. The summed E-state index contributed by atoms with van der Waals surface area (Å²) in [5.74, 6) is 1.72. The van der Waals surface area contributed by atoms with E-state index in [1.165, 1.54) is 18.4 Å². The summed E-state index contributed by atoms with van der Waals surface area (Å²) in [6.45, 7) is 2.00. The van der Waals surface area contributed by atoms with Crippen LogP contribution in [-0.2, 0) is 16.5 Å². The van der Waals surface area contributed by atoms with Gasteiger partial charge in [-0.05, 0) is 66.8 Å². The van der Waals surface area contributed by atoms with Gasteiger partial charge < -0.3 is 14.2 Å². The summed E-state index contributed by atoms with van der Waals surface area (Å²) in [5, 5.41) is 9.29. The Morgan fingerprint density at radius 3 is 1.86 bits per heavy atom. The van der Waals surface area contributed by atoms with Gasteiger partial charge in [0.05, 0.1) is 20.3 Å². The van der Waals surface area contributed by atoms with Crippen LogP contribution in [0.4, 0.5) is 0 Å². The lowest BCUT2D eigenvalue weighted by Crippen LogP contribution is -1.89. The smallest absolute Gasteiger partial charge is 0.119 e. The monoisotopic (exact) mass is 589 g/mol. The van der Waals surface area contributed by atoms with Crippen molar-refractivity contribution in [3.63, 3.8) is 0 Å². The van der Waals surface area contributed by atoms with Crippen molar-refractivity contribution in [3.8, 4) is 17.6 Å². The first-order valence-electron chi connectivity index (χ1n) is 9.21. The van der Waals surface area contributed by atoms with E-state index in [2.05, 4.69) is 53.9 Å². The highest BCUT2D eigenvalue weighted by molar-refractivity contribution is 9.11. The lowest BCUT2D eigenvalue weighted by atomic mass is 10.1. The molecule has 0 spiro atoms. The maximum atomic E-state index is 8.45. The highest BCUT2D eigenvalue weighted by atomic mass is 79.9. The Bertz CT molecular complexity index is 767. The molecule has 0 aromatic heterocycles. The van der Waals surface area contributed by atoms with Crippen molar-refractivity contribution in [2.24, 2.45) is 0 Å². The van der Waals surface area contributed by atoms with E-state index in [-0.39, 0.29) is 0 Å². The molecule has 0 radical (unpaired) electrons. The minimum atomic E-state index is 0.533. The molecule has 29 heavy (non-hydrogen) atoms. The molecular weight excluding hydrogens is 566 g/mol. The molecule has 1 saturated heterocycles. The third-order valence-electron chi connectivity index (χ3n) is 3.98. The summed E-state index contributed by atoms with van der Waals surface area (Å²) in [7, 11) is 3.30. The fourth-order valence-electron chi connectivity index (χ4n) is 2.35. The third kappa shape index (κ3) is 10.5. The van der Waals surface area contributed by atoms with Crippen LogP contribution in [-0.4, -0.2) is 27.4 Å². The second-order valence-corrected chi connectivity index (χ2v) is 8.30. The molecule has 158 valence electrons. The molecule has 0 unspecified atom stereocenters. The molecule has 0 aliphatic carbocycles. The van der Waals surface area contributed by atoms with Gasteiger partial charge in [0.1, 0.15) is 11.5 Å². The van der Waals surface area contributed by atoms with Crippen LogP contribution in [0.2, 0.25) is 0 Å². The molecule has 1 fully saturated rings. The van der Waals surface area contributed by atoms with E-state index in [0.29, 0.717) is 6.42 Å². The number of methoxy groups -OCH3 is 2. The van der Waals surface area contributed by atoms with Crippen LogP contribution < -0.4 is 9.47 Å². The molecule has 7 heteroatoms. The molecule has 0 bridgehead atoms. The van der Waals surface area contributed by atoms with Crippen LogP contribution >= 0.6 is 47.8 Å². The van der Waals surface area contributed by atoms with E-state index in [1.807, 2.05) is 36.4 Å². The Kier molecular flexibility index (Phi) is 14.1. The fraction of sp³-hybridized carbons (Fsp3) is 0.409. The molecule has 0 saturated carbocycles. The number of aryl methyl sites for hydroxylation is 1. The molecule has 0 N–H and O–H groups in total. The van der Waals surface area contributed by atoms with Crippen LogP contribution in [0.25, 0.3) is 0 Å². The number of hydrogen-bond acceptors (Lipinski definition) is 4. The Morgan fingerprint density at radius 2 is 1.45 bits per heavy atom. The van der Waals surface area contributed by atoms with Gasteiger partial charge in [0.25, 0.3) is 0 Å². The maximum Gasteiger partial charge on any atom is 0.119 e. The Balaban J connectivity index is 0.000000237. The van der Waals surface area contributed by atoms with Gasteiger partial charge in [0.2, 0.25) is 0 Å². The first-order chi connectivity index (χ1) is 14.0. The summed E-state index contributed by atoms with van der Waals surface area (Å²) < 4.78 is 17.2. The average Bonchev–Trinajstić information content (AvgIpc) is 3.34. The zero-order valence-electron chi connectivity index (χ0n) is 16.7. The molecule has 1 aliphatic heterocycles. The second-order valence-electron chi connectivity index (χ2n) is 6.03. The van der Waals surface area contributed by atoms with Crippen LogP contribution in [0.3, 0.4) is 0 Å². The van der Waals surface area contributed by atoms with E-state index in [4.69, 9.17) is 19.5 Å². The van der Waals surface area contributed by atoms with E-state index in [9.17, 15) is 0 Å². The second kappa shape index (κ2) is 15.7. The number of benzene rings is 2. The molecule has 3 rings (SSSR count). The van der Waals surface area contributed by atoms with Crippen molar-refractivity contribution in [1.82, 2.24) is 0 Å². The van der Waals surface area contributed by atoms with E-state index in [0.717, 1.165) is 51.0 Å². The van der Waals surface area contributed by atoms with Gasteiger partial charge in [0.15, 0.2) is 0 Å². The largest absolute Gasteiger partial charge is 0.497 e. The van der Waals surface area contributed by atoms with Gasteiger partial charge >= 0.3 is 0 Å². The molecule has 4 nitrogen and oxygen atoms in total. The van der Waals surface area contributed by atoms with Crippen molar-refractivity contribution < 1.29 is 14.2 Å². The van der Waals surface area contributed by atoms with E-state index < -0.39 is 0 Å². The van der Waals surface area contributed by atoms with Crippen molar-refractivity contribution in [1.29, 1.82) is 5.26 Å². The lowest BCUT2D eigenvalue weighted by Gasteiger charge is -2.04. The van der Waals surface area contributed by atoms with Gasteiger partial charge in [-0.3, -0.25) is 0 Å². The molecule has 2 aromatic rings. The SMILES string of the molecule is C1CCOC1.COc1ccc(Br)c(CBr)c1.COc1ccc(Br)c(CCC#N)c1. The molecule has 2 aromatic carbocycles. The van der Waals surface area contributed by atoms with E-state index in [1.54, 1.807) is 14.2 Å². The Hall–Kier alpha value is -1.07. The van der Waals surface area contributed by atoms with Gasteiger partial charge in [-0.1, -0.05) is 47.8 Å². The van der Waals surface area contributed by atoms with Crippen molar-refractivity contribution in [3.05, 3.63) is 56.5 Å². The summed E-state index contributed by atoms with van der Waals surface area (Å²) in [6, 6.07) is 13.8. The first kappa shape index (κ1) is 26.0. The molecule has 0 atom stereocenters. The Labute approximate surface area is 198 Å².